The van der Waals surface area contributed by atoms with Crippen LogP contribution in [0.5, 0.6) is 0 Å². The van der Waals surface area contributed by atoms with E-state index in [4.69, 9.17) is 0 Å². The third-order valence-corrected chi connectivity index (χ3v) is 6.67. The Morgan fingerprint density at radius 3 is 1.73 bits per heavy atom. The van der Waals surface area contributed by atoms with Crippen molar-refractivity contribution >= 4 is 22.6 Å². The van der Waals surface area contributed by atoms with Gasteiger partial charge in [0.1, 0.15) is 0 Å². The quantitative estimate of drug-likeness (QED) is 0.472. The van der Waals surface area contributed by atoms with Gasteiger partial charge in [0.15, 0.2) is 6.71 Å². The minimum atomic E-state index is 0.573. The molecular weight excluding hydrogens is 247 g/mol. The minimum absolute atomic E-state index is 0.573. The third-order valence-electron chi connectivity index (χ3n) is 5.35. The standard InChI is InChI=1S/C13H22BBr/c15-13(9-1-2-10-13)14-11-5-3-6-12(14)8-4-7-11/h11-12H,1-10H2. The predicted octanol–water partition coefficient (Wildman–Crippen LogP) is 4.84. The molecule has 1 aliphatic carbocycles. The van der Waals surface area contributed by atoms with Crippen molar-refractivity contribution in [1.82, 2.24) is 0 Å². The van der Waals surface area contributed by atoms with Crippen LogP contribution in [0.4, 0.5) is 0 Å². The lowest BCUT2D eigenvalue weighted by Crippen LogP contribution is -2.49. The van der Waals surface area contributed by atoms with Gasteiger partial charge in [0.2, 0.25) is 0 Å². The summed E-state index contributed by atoms with van der Waals surface area (Å²) >= 11 is 4.16. The number of hydrogen-bond acceptors (Lipinski definition) is 0. The van der Waals surface area contributed by atoms with Crippen LogP contribution in [0.1, 0.15) is 64.2 Å². The van der Waals surface area contributed by atoms with E-state index in [1.54, 1.807) is 0 Å². The molecule has 0 unspecified atom stereocenters. The van der Waals surface area contributed by atoms with Crippen LogP contribution in [0.15, 0.2) is 0 Å². The van der Waals surface area contributed by atoms with Crippen LogP contribution in [-0.2, 0) is 0 Å². The number of halogens is 1. The Hall–Kier alpha value is 0.545. The van der Waals surface area contributed by atoms with E-state index in [2.05, 4.69) is 15.9 Å². The molecule has 2 heteroatoms. The van der Waals surface area contributed by atoms with E-state index >= 15 is 0 Å². The van der Waals surface area contributed by atoms with Crippen molar-refractivity contribution in [3.8, 4) is 0 Å². The van der Waals surface area contributed by atoms with Gasteiger partial charge in [0.25, 0.3) is 0 Å². The number of rotatable bonds is 1. The van der Waals surface area contributed by atoms with E-state index in [1.165, 1.54) is 64.2 Å². The van der Waals surface area contributed by atoms with Gasteiger partial charge >= 0.3 is 0 Å². The van der Waals surface area contributed by atoms with Crippen LogP contribution >= 0.6 is 15.9 Å². The van der Waals surface area contributed by atoms with Crippen molar-refractivity contribution < 1.29 is 0 Å². The van der Waals surface area contributed by atoms with Gasteiger partial charge in [-0.05, 0) is 12.8 Å². The van der Waals surface area contributed by atoms with Crippen LogP contribution in [0, 0.1) is 0 Å². The number of alkyl halides is 1. The molecule has 2 bridgehead atoms. The lowest BCUT2D eigenvalue weighted by Gasteiger charge is -2.47. The predicted molar refractivity (Wildman–Crippen MR) is 71.1 cm³/mol. The van der Waals surface area contributed by atoms with E-state index in [9.17, 15) is 0 Å². The second kappa shape index (κ2) is 4.09. The van der Waals surface area contributed by atoms with Crippen molar-refractivity contribution in [3.63, 3.8) is 0 Å². The Bertz CT molecular complexity index is 213. The van der Waals surface area contributed by atoms with Crippen LogP contribution < -0.4 is 0 Å². The first-order valence-electron chi connectivity index (χ1n) is 6.98. The lowest BCUT2D eigenvalue weighted by molar-refractivity contribution is 0.431. The summed E-state index contributed by atoms with van der Waals surface area (Å²) in [5.41, 5.74) is 0. The van der Waals surface area contributed by atoms with Crippen LogP contribution in [0.25, 0.3) is 0 Å². The van der Waals surface area contributed by atoms with E-state index < -0.39 is 0 Å². The van der Waals surface area contributed by atoms with Gasteiger partial charge in [-0.15, -0.1) is 0 Å². The summed E-state index contributed by atoms with van der Waals surface area (Å²) in [6.45, 7) is 1.04. The topological polar surface area (TPSA) is 0 Å². The second-order valence-electron chi connectivity index (χ2n) is 6.15. The highest BCUT2D eigenvalue weighted by atomic mass is 79.9. The van der Waals surface area contributed by atoms with Crippen LogP contribution in [-0.4, -0.2) is 10.9 Å². The summed E-state index contributed by atoms with van der Waals surface area (Å²) in [5, 5.41) is 0. The first-order valence-corrected chi connectivity index (χ1v) is 7.78. The molecule has 0 aromatic heterocycles. The monoisotopic (exact) mass is 268 g/mol. The van der Waals surface area contributed by atoms with Gasteiger partial charge in [-0.3, -0.25) is 0 Å². The van der Waals surface area contributed by atoms with Gasteiger partial charge in [-0.25, -0.2) is 0 Å². The van der Waals surface area contributed by atoms with Crippen molar-refractivity contribution in [2.75, 3.05) is 0 Å². The fourth-order valence-electron chi connectivity index (χ4n) is 4.82. The normalized spacial score (nSPS) is 39.4. The Labute approximate surface area is 103 Å². The maximum atomic E-state index is 4.16. The van der Waals surface area contributed by atoms with Crippen molar-refractivity contribution in [2.45, 2.75) is 80.1 Å². The molecule has 0 aromatic rings. The SMILES string of the molecule is BrC1(B2C3CCCC2CCC3)CCCC1. The van der Waals surface area contributed by atoms with Crippen LogP contribution in [0.3, 0.4) is 0 Å². The molecule has 3 aliphatic rings. The Morgan fingerprint density at radius 2 is 1.27 bits per heavy atom. The smallest absolute Gasteiger partial charge is 0.0944 e. The molecule has 0 amide bonds. The number of hydrogen-bond donors (Lipinski definition) is 0. The maximum absolute atomic E-state index is 4.16. The summed E-state index contributed by atoms with van der Waals surface area (Å²) < 4.78 is 0.573. The fraction of sp³-hybridized carbons (Fsp3) is 1.00. The minimum Gasteiger partial charge on any atom is -0.0944 e. The molecule has 0 nitrogen and oxygen atoms in total. The average molecular weight is 269 g/mol. The van der Waals surface area contributed by atoms with Crippen molar-refractivity contribution in [1.29, 1.82) is 0 Å². The molecule has 0 atom stereocenters. The average Bonchev–Trinajstić information content (AvgIpc) is 2.65. The van der Waals surface area contributed by atoms with Gasteiger partial charge in [0, 0.05) is 4.22 Å². The van der Waals surface area contributed by atoms with Gasteiger partial charge in [0.05, 0.1) is 0 Å². The Morgan fingerprint density at radius 1 is 0.800 bits per heavy atom. The van der Waals surface area contributed by atoms with E-state index in [-0.39, 0.29) is 0 Å². The zero-order valence-electron chi connectivity index (χ0n) is 9.68. The number of fused-ring (bicyclic) bond motifs is 2. The molecular formula is C13H22BBr. The molecule has 2 saturated heterocycles. The maximum Gasteiger partial charge on any atom is 0.166 e. The highest BCUT2D eigenvalue weighted by molar-refractivity contribution is 9.10. The largest absolute Gasteiger partial charge is 0.166 e. The molecule has 3 fully saturated rings. The molecule has 84 valence electrons. The summed E-state index contributed by atoms with van der Waals surface area (Å²) in [5.74, 6) is 2.16. The molecule has 2 aliphatic heterocycles. The second-order valence-corrected chi connectivity index (χ2v) is 7.73. The molecule has 0 radical (unpaired) electrons. The first-order chi connectivity index (χ1) is 7.30. The molecule has 0 aromatic carbocycles. The fourth-order valence-corrected chi connectivity index (χ4v) is 6.13. The highest BCUT2D eigenvalue weighted by Crippen LogP contribution is 2.55. The lowest BCUT2D eigenvalue weighted by atomic mass is 9.22. The zero-order valence-corrected chi connectivity index (χ0v) is 11.3. The highest BCUT2D eigenvalue weighted by Gasteiger charge is 2.51. The summed E-state index contributed by atoms with van der Waals surface area (Å²) in [6.07, 6.45) is 15.1. The zero-order chi connectivity index (χ0) is 10.3. The molecule has 1 saturated carbocycles. The van der Waals surface area contributed by atoms with Gasteiger partial charge < -0.3 is 0 Å². The van der Waals surface area contributed by atoms with E-state index in [1.807, 2.05) is 0 Å². The molecule has 3 rings (SSSR count). The summed E-state index contributed by atoms with van der Waals surface area (Å²) in [7, 11) is 0. The summed E-state index contributed by atoms with van der Waals surface area (Å²) in [4.78, 5) is 0. The van der Waals surface area contributed by atoms with E-state index in [0.29, 0.717) is 4.22 Å². The van der Waals surface area contributed by atoms with Crippen molar-refractivity contribution in [3.05, 3.63) is 0 Å². The molecule has 15 heavy (non-hydrogen) atoms. The molecule has 2 heterocycles. The van der Waals surface area contributed by atoms with Crippen LogP contribution in [0.2, 0.25) is 11.6 Å². The molecule has 0 spiro atoms. The molecule has 0 N–H and O–H groups in total. The Kier molecular flexibility index (Phi) is 2.91. The van der Waals surface area contributed by atoms with E-state index in [0.717, 1.165) is 18.3 Å². The van der Waals surface area contributed by atoms with Gasteiger partial charge in [-0.1, -0.05) is 78.9 Å². The van der Waals surface area contributed by atoms with Crippen molar-refractivity contribution in [2.24, 2.45) is 0 Å². The third kappa shape index (κ3) is 1.81. The summed E-state index contributed by atoms with van der Waals surface area (Å²) in [6, 6.07) is 0. The first kappa shape index (κ1) is 10.7. The Balaban J connectivity index is 1.83. The van der Waals surface area contributed by atoms with Gasteiger partial charge in [-0.2, -0.15) is 0 Å².